The van der Waals surface area contributed by atoms with E-state index in [0.29, 0.717) is 10.6 Å². The van der Waals surface area contributed by atoms with E-state index < -0.39 is 6.61 Å². The van der Waals surface area contributed by atoms with Crippen LogP contribution in [0.25, 0.3) is 0 Å². The van der Waals surface area contributed by atoms with Crippen LogP contribution >= 0.6 is 11.6 Å². The summed E-state index contributed by atoms with van der Waals surface area (Å²) in [6.45, 7) is 2.55. The molecule has 0 heterocycles. The average Bonchev–Trinajstić information content (AvgIpc) is 2.14. The van der Waals surface area contributed by atoms with Gasteiger partial charge >= 0.3 is 6.61 Å². The Labute approximate surface area is 92.3 Å². The Kier molecular flexibility index (Phi) is 4.09. The lowest BCUT2D eigenvalue weighted by Gasteiger charge is -2.10. The van der Waals surface area contributed by atoms with Crippen molar-refractivity contribution in [2.24, 2.45) is 0 Å². The van der Waals surface area contributed by atoms with Crippen LogP contribution in [0.4, 0.5) is 8.78 Å². The number of rotatable bonds is 4. The van der Waals surface area contributed by atoms with Crippen LogP contribution in [0, 0.1) is 5.92 Å². The van der Waals surface area contributed by atoms with Gasteiger partial charge in [0, 0.05) is 10.9 Å². The molecule has 0 aliphatic rings. The predicted octanol–water partition coefficient (Wildman–Crippen LogP) is 4.07. The SMILES string of the molecule is C=C[C](C)c1cc(Cl)cc(OC(F)F)c1. The van der Waals surface area contributed by atoms with Crippen LogP contribution in [0.3, 0.4) is 0 Å². The van der Waals surface area contributed by atoms with Gasteiger partial charge in [-0.2, -0.15) is 8.78 Å². The van der Waals surface area contributed by atoms with Crippen molar-refractivity contribution in [1.82, 2.24) is 0 Å². The van der Waals surface area contributed by atoms with Crippen LogP contribution in [0.1, 0.15) is 12.5 Å². The van der Waals surface area contributed by atoms with Crippen LogP contribution in [0.5, 0.6) is 5.75 Å². The maximum Gasteiger partial charge on any atom is 0.387 e. The molecule has 4 heteroatoms. The molecule has 0 atom stereocenters. The molecule has 0 spiro atoms. The van der Waals surface area contributed by atoms with Gasteiger partial charge in [-0.25, -0.2) is 0 Å². The Morgan fingerprint density at radius 2 is 2.13 bits per heavy atom. The van der Waals surface area contributed by atoms with Crippen molar-refractivity contribution in [3.05, 3.63) is 47.4 Å². The normalized spacial score (nSPS) is 10.8. The number of halogens is 3. The fourth-order valence-electron chi connectivity index (χ4n) is 1.08. The maximum absolute atomic E-state index is 12.0. The van der Waals surface area contributed by atoms with Gasteiger partial charge in [-0.15, -0.1) is 6.58 Å². The van der Waals surface area contributed by atoms with E-state index in [0.717, 1.165) is 5.92 Å². The van der Waals surface area contributed by atoms with Gasteiger partial charge in [0.1, 0.15) is 5.75 Å². The monoisotopic (exact) mass is 231 g/mol. The molecule has 1 nitrogen and oxygen atoms in total. The summed E-state index contributed by atoms with van der Waals surface area (Å²) in [6.07, 6.45) is 1.62. The summed E-state index contributed by atoms with van der Waals surface area (Å²) in [5.41, 5.74) is 0.716. The van der Waals surface area contributed by atoms with Gasteiger partial charge in [0.15, 0.2) is 0 Å². The Balaban J connectivity index is 2.99. The minimum Gasteiger partial charge on any atom is -0.435 e. The molecule has 0 N–H and O–H groups in total. The predicted molar refractivity (Wildman–Crippen MR) is 56.3 cm³/mol. The summed E-state index contributed by atoms with van der Waals surface area (Å²) in [6, 6.07) is 4.50. The van der Waals surface area contributed by atoms with Crippen molar-refractivity contribution < 1.29 is 13.5 Å². The molecule has 0 amide bonds. The topological polar surface area (TPSA) is 9.23 Å². The first kappa shape index (κ1) is 12.0. The number of alkyl halides is 2. The summed E-state index contributed by atoms with van der Waals surface area (Å²) < 4.78 is 28.2. The highest BCUT2D eigenvalue weighted by Gasteiger charge is 2.09. The van der Waals surface area contributed by atoms with Crippen molar-refractivity contribution in [1.29, 1.82) is 0 Å². The highest BCUT2D eigenvalue weighted by molar-refractivity contribution is 6.30. The van der Waals surface area contributed by atoms with E-state index in [1.807, 2.05) is 6.92 Å². The lowest BCUT2D eigenvalue weighted by atomic mass is 10.0. The Morgan fingerprint density at radius 3 is 2.67 bits per heavy atom. The highest BCUT2D eigenvalue weighted by Crippen LogP contribution is 2.26. The molecule has 0 aliphatic carbocycles. The van der Waals surface area contributed by atoms with Gasteiger partial charge in [0.2, 0.25) is 0 Å². The zero-order valence-electron chi connectivity index (χ0n) is 8.14. The molecule has 0 aromatic heterocycles. The number of benzene rings is 1. The lowest BCUT2D eigenvalue weighted by Crippen LogP contribution is -2.02. The molecule has 0 fully saturated rings. The van der Waals surface area contributed by atoms with E-state index in [1.54, 1.807) is 12.1 Å². The molecule has 0 saturated heterocycles. The van der Waals surface area contributed by atoms with Crippen molar-refractivity contribution in [2.75, 3.05) is 0 Å². The van der Waals surface area contributed by atoms with Crippen LogP contribution in [-0.2, 0) is 0 Å². The van der Waals surface area contributed by atoms with Crippen LogP contribution in [0.15, 0.2) is 30.9 Å². The second kappa shape index (κ2) is 5.12. The third kappa shape index (κ3) is 3.51. The minimum absolute atomic E-state index is 0.0497. The zero-order valence-corrected chi connectivity index (χ0v) is 8.89. The Hall–Kier alpha value is -1.09. The van der Waals surface area contributed by atoms with Gasteiger partial charge < -0.3 is 4.74 Å². The van der Waals surface area contributed by atoms with E-state index in [2.05, 4.69) is 11.3 Å². The quantitative estimate of drug-likeness (QED) is 0.759. The summed E-state index contributed by atoms with van der Waals surface area (Å²) >= 11 is 5.76. The Morgan fingerprint density at radius 1 is 1.47 bits per heavy atom. The van der Waals surface area contributed by atoms with Crippen LogP contribution in [0.2, 0.25) is 5.02 Å². The van der Waals surface area contributed by atoms with Crippen molar-refractivity contribution in [2.45, 2.75) is 13.5 Å². The highest BCUT2D eigenvalue weighted by atomic mass is 35.5. The second-order valence-electron chi connectivity index (χ2n) is 2.94. The molecular weight excluding hydrogens is 222 g/mol. The first-order valence-electron chi connectivity index (χ1n) is 4.24. The summed E-state index contributed by atoms with van der Waals surface area (Å²) in [7, 11) is 0. The number of ether oxygens (including phenoxy) is 1. The fraction of sp³-hybridized carbons (Fsp3) is 0.182. The summed E-state index contributed by atoms with van der Waals surface area (Å²) in [5.74, 6) is 0.894. The third-order valence-corrected chi connectivity index (χ3v) is 2.08. The van der Waals surface area contributed by atoms with Crippen molar-refractivity contribution in [3.63, 3.8) is 0 Å². The Bertz CT molecular complexity index is 352. The first-order chi connectivity index (χ1) is 7.02. The molecule has 15 heavy (non-hydrogen) atoms. The number of allylic oxidation sites excluding steroid dienone is 1. The number of hydrogen-bond acceptors (Lipinski definition) is 1. The third-order valence-electron chi connectivity index (χ3n) is 1.86. The molecule has 1 aromatic carbocycles. The second-order valence-corrected chi connectivity index (χ2v) is 3.38. The molecule has 0 bridgehead atoms. The standard InChI is InChI=1S/C11H10ClF2O/c1-3-7(2)8-4-9(12)6-10(5-8)15-11(13)14/h3-6,11H,1H2,2H3. The average molecular weight is 232 g/mol. The maximum atomic E-state index is 12.0. The zero-order chi connectivity index (χ0) is 11.4. The van der Waals surface area contributed by atoms with Crippen molar-refractivity contribution in [3.8, 4) is 5.75 Å². The van der Waals surface area contributed by atoms with Crippen LogP contribution < -0.4 is 4.74 Å². The van der Waals surface area contributed by atoms with Gasteiger partial charge in [-0.05, 0) is 23.8 Å². The van der Waals surface area contributed by atoms with Gasteiger partial charge in [0.05, 0.1) is 0 Å². The molecule has 0 saturated carbocycles. The lowest BCUT2D eigenvalue weighted by molar-refractivity contribution is -0.0498. The fourth-order valence-corrected chi connectivity index (χ4v) is 1.30. The van der Waals surface area contributed by atoms with E-state index in [-0.39, 0.29) is 5.75 Å². The van der Waals surface area contributed by atoms with Crippen LogP contribution in [-0.4, -0.2) is 6.61 Å². The smallest absolute Gasteiger partial charge is 0.387 e. The van der Waals surface area contributed by atoms with E-state index in [4.69, 9.17) is 11.6 Å². The molecule has 0 aliphatic heterocycles. The first-order valence-corrected chi connectivity index (χ1v) is 4.62. The van der Waals surface area contributed by atoms with E-state index in [9.17, 15) is 8.78 Å². The van der Waals surface area contributed by atoms with E-state index >= 15 is 0 Å². The van der Waals surface area contributed by atoms with Gasteiger partial charge in [-0.3, -0.25) is 0 Å². The molecule has 1 radical (unpaired) electrons. The van der Waals surface area contributed by atoms with Gasteiger partial charge in [-0.1, -0.05) is 24.6 Å². The number of hydrogen-bond donors (Lipinski definition) is 0. The molecular formula is C11H10ClF2O. The van der Waals surface area contributed by atoms with E-state index in [1.165, 1.54) is 12.1 Å². The molecule has 81 valence electrons. The molecule has 1 aromatic rings. The molecule has 1 rings (SSSR count). The molecule has 0 unspecified atom stereocenters. The minimum atomic E-state index is -2.85. The van der Waals surface area contributed by atoms with Gasteiger partial charge in [0.25, 0.3) is 0 Å². The summed E-state index contributed by atoms with van der Waals surface area (Å²) in [5, 5.41) is 0.351. The van der Waals surface area contributed by atoms with Crippen molar-refractivity contribution >= 4 is 11.6 Å². The largest absolute Gasteiger partial charge is 0.435 e. The summed E-state index contributed by atoms with van der Waals surface area (Å²) in [4.78, 5) is 0.